The van der Waals surface area contributed by atoms with Gasteiger partial charge in [0.25, 0.3) is 0 Å². The molecule has 2 aromatic heterocycles. The number of nitrogens with zero attached hydrogens (tertiary/aromatic N) is 5. The van der Waals surface area contributed by atoms with Crippen molar-refractivity contribution in [3.63, 3.8) is 0 Å². The Kier molecular flexibility index (Phi) is 3.43. The fraction of sp³-hybridized carbons (Fsp3) is 0.385. The number of fused-ring (bicyclic) bond motifs is 1. The number of pyridine rings is 1. The second-order valence-corrected chi connectivity index (χ2v) is 4.68. The molecule has 0 bridgehead atoms. The van der Waals surface area contributed by atoms with Gasteiger partial charge >= 0.3 is 5.97 Å². The van der Waals surface area contributed by atoms with Gasteiger partial charge in [-0.2, -0.15) is 0 Å². The summed E-state index contributed by atoms with van der Waals surface area (Å²) in [6.07, 6.45) is 3.27. The van der Waals surface area contributed by atoms with Crippen LogP contribution in [0.4, 0.5) is 11.5 Å². The van der Waals surface area contributed by atoms with Crippen molar-refractivity contribution in [3.8, 4) is 0 Å². The van der Waals surface area contributed by atoms with Gasteiger partial charge in [0.15, 0.2) is 11.6 Å². The molecule has 0 aliphatic carbocycles. The summed E-state index contributed by atoms with van der Waals surface area (Å²) >= 11 is 0. The van der Waals surface area contributed by atoms with Crippen molar-refractivity contribution in [2.45, 2.75) is 20.0 Å². The SMILES string of the molecule is CCOC(=O)c1ccnc(N2CCn3cnnc3C2)c1N. The van der Waals surface area contributed by atoms with Crippen LogP contribution in [0.3, 0.4) is 0 Å². The highest BCUT2D eigenvalue weighted by Crippen LogP contribution is 2.27. The molecule has 3 rings (SSSR count). The third-order valence-corrected chi connectivity index (χ3v) is 3.40. The standard InChI is InChI=1S/C13H16N6O2/c1-2-21-13(20)9-3-4-15-12(11(9)14)18-5-6-19-8-16-17-10(19)7-18/h3-4,8H,2,5-7,14H2,1H3. The number of ether oxygens (including phenoxy) is 1. The Labute approximate surface area is 121 Å². The van der Waals surface area contributed by atoms with Crippen LogP contribution in [0.25, 0.3) is 0 Å². The zero-order valence-corrected chi connectivity index (χ0v) is 11.7. The van der Waals surface area contributed by atoms with Crippen LogP contribution in [0.5, 0.6) is 0 Å². The van der Waals surface area contributed by atoms with Crippen LogP contribution in [0.2, 0.25) is 0 Å². The minimum atomic E-state index is -0.432. The number of nitrogens with two attached hydrogens (primary N) is 1. The molecule has 8 nitrogen and oxygen atoms in total. The molecule has 0 radical (unpaired) electrons. The minimum absolute atomic E-state index is 0.308. The molecule has 1 aliphatic heterocycles. The molecule has 0 amide bonds. The number of aromatic nitrogens is 4. The van der Waals surface area contributed by atoms with Crippen LogP contribution < -0.4 is 10.6 Å². The molecule has 8 heteroatoms. The first kappa shape index (κ1) is 13.3. The first-order valence-electron chi connectivity index (χ1n) is 6.74. The van der Waals surface area contributed by atoms with Gasteiger partial charge in [-0.05, 0) is 13.0 Å². The number of esters is 1. The lowest BCUT2D eigenvalue weighted by atomic mass is 10.2. The van der Waals surface area contributed by atoms with Crippen LogP contribution in [-0.4, -0.2) is 38.9 Å². The summed E-state index contributed by atoms with van der Waals surface area (Å²) < 4.78 is 6.99. The molecule has 1 aliphatic rings. The van der Waals surface area contributed by atoms with Gasteiger partial charge in [-0.25, -0.2) is 9.78 Å². The van der Waals surface area contributed by atoms with E-state index in [1.54, 1.807) is 25.5 Å². The minimum Gasteiger partial charge on any atom is -0.462 e. The Bertz CT molecular complexity index is 668. The molecule has 21 heavy (non-hydrogen) atoms. The first-order chi connectivity index (χ1) is 10.2. The molecule has 0 atom stereocenters. The average Bonchev–Trinajstić information content (AvgIpc) is 2.95. The lowest BCUT2D eigenvalue weighted by Crippen LogP contribution is -2.35. The van der Waals surface area contributed by atoms with Gasteiger partial charge in [0.05, 0.1) is 24.4 Å². The quantitative estimate of drug-likeness (QED) is 0.819. The maximum atomic E-state index is 11.9. The molecule has 0 fully saturated rings. The Morgan fingerprint density at radius 1 is 1.48 bits per heavy atom. The van der Waals surface area contributed by atoms with E-state index in [0.29, 0.717) is 30.2 Å². The van der Waals surface area contributed by atoms with Gasteiger partial charge in [0.2, 0.25) is 0 Å². The Balaban J connectivity index is 1.90. The second-order valence-electron chi connectivity index (χ2n) is 4.68. The topological polar surface area (TPSA) is 99.2 Å². The van der Waals surface area contributed by atoms with E-state index < -0.39 is 5.97 Å². The number of hydrogen-bond acceptors (Lipinski definition) is 7. The first-order valence-corrected chi connectivity index (χ1v) is 6.74. The monoisotopic (exact) mass is 288 g/mol. The Morgan fingerprint density at radius 3 is 3.14 bits per heavy atom. The summed E-state index contributed by atoms with van der Waals surface area (Å²) in [5.74, 6) is 0.998. The van der Waals surface area contributed by atoms with E-state index >= 15 is 0 Å². The van der Waals surface area contributed by atoms with Gasteiger partial charge < -0.3 is 19.9 Å². The molecule has 0 spiro atoms. The number of hydrogen-bond donors (Lipinski definition) is 1. The summed E-state index contributed by atoms with van der Waals surface area (Å²) in [5, 5.41) is 7.95. The summed E-state index contributed by atoms with van der Waals surface area (Å²) in [4.78, 5) is 18.2. The fourth-order valence-corrected chi connectivity index (χ4v) is 2.35. The summed E-state index contributed by atoms with van der Waals surface area (Å²) in [7, 11) is 0. The third kappa shape index (κ3) is 2.39. The average molecular weight is 288 g/mol. The predicted octanol–water partition coefficient (Wildman–Crippen LogP) is 0.452. The fourth-order valence-electron chi connectivity index (χ4n) is 2.35. The highest BCUT2D eigenvalue weighted by molar-refractivity contribution is 5.97. The molecule has 0 aromatic carbocycles. The van der Waals surface area contributed by atoms with E-state index in [1.165, 1.54) is 0 Å². The zero-order chi connectivity index (χ0) is 14.8. The van der Waals surface area contributed by atoms with E-state index in [9.17, 15) is 4.79 Å². The van der Waals surface area contributed by atoms with Crippen molar-refractivity contribution in [1.82, 2.24) is 19.7 Å². The maximum Gasteiger partial charge on any atom is 0.340 e. The second kappa shape index (κ2) is 5.39. The lowest BCUT2D eigenvalue weighted by Gasteiger charge is -2.29. The molecule has 0 saturated carbocycles. The number of nitrogen functional groups attached to an aromatic ring is 1. The highest BCUT2D eigenvalue weighted by atomic mass is 16.5. The summed E-state index contributed by atoms with van der Waals surface area (Å²) in [5.41, 5.74) is 6.77. The van der Waals surface area contributed by atoms with E-state index in [0.717, 1.165) is 18.9 Å². The largest absolute Gasteiger partial charge is 0.462 e. The van der Waals surface area contributed by atoms with Gasteiger partial charge in [0.1, 0.15) is 6.33 Å². The Hall–Kier alpha value is -2.64. The number of carbonyl (C=O) groups excluding carboxylic acids is 1. The van der Waals surface area contributed by atoms with Gasteiger partial charge in [-0.1, -0.05) is 0 Å². The molecule has 0 saturated heterocycles. The summed E-state index contributed by atoms with van der Waals surface area (Å²) in [6, 6.07) is 1.57. The van der Waals surface area contributed by atoms with E-state index in [1.807, 2.05) is 9.47 Å². The van der Waals surface area contributed by atoms with Crippen molar-refractivity contribution in [1.29, 1.82) is 0 Å². The number of anilines is 2. The third-order valence-electron chi connectivity index (χ3n) is 3.40. The van der Waals surface area contributed by atoms with Crippen molar-refractivity contribution in [2.75, 3.05) is 23.8 Å². The molecule has 2 aromatic rings. The van der Waals surface area contributed by atoms with Crippen molar-refractivity contribution in [2.24, 2.45) is 0 Å². The summed E-state index contributed by atoms with van der Waals surface area (Å²) in [6.45, 7) is 4.11. The van der Waals surface area contributed by atoms with Crippen molar-refractivity contribution < 1.29 is 9.53 Å². The molecule has 3 heterocycles. The smallest absolute Gasteiger partial charge is 0.340 e. The molecule has 110 valence electrons. The molecule has 2 N–H and O–H groups in total. The van der Waals surface area contributed by atoms with E-state index in [-0.39, 0.29) is 0 Å². The lowest BCUT2D eigenvalue weighted by molar-refractivity contribution is 0.0527. The van der Waals surface area contributed by atoms with Crippen molar-refractivity contribution >= 4 is 17.5 Å². The highest BCUT2D eigenvalue weighted by Gasteiger charge is 2.23. The molecule has 0 unspecified atom stereocenters. The van der Waals surface area contributed by atoms with Gasteiger partial charge in [-0.15, -0.1) is 10.2 Å². The number of rotatable bonds is 3. The van der Waals surface area contributed by atoms with Crippen molar-refractivity contribution in [3.05, 3.63) is 30.0 Å². The normalized spacial score (nSPS) is 13.9. The Morgan fingerprint density at radius 2 is 2.33 bits per heavy atom. The van der Waals surface area contributed by atoms with Gasteiger partial charge in [-0.3, -0.25) is 0 Å². The molecular weight excluding hydrogens is 272 g/mol. The molecular formula is C13H16N6O2. The van der Waals surface area contributed by atoms with E-state index in [4.69, 9.17) is 10.5 Å². The van der Waals surface area contributed by atoms with E-state index in [2.05, 4.69) is 15.2 Å². The van der Waals surface area contributed by atoms with Crippen LogP contribution in [0.1, 0.15) is 23.1 Å². The predicted molar refractivity (Wildman–Crippen MR) is 75.7 cm³/mol. The van der Waals surface area contributed by atoms with Crippen LogP contribution in [0.15, 0.2) is 18.6 Å². The van der Waals surface area contributed by atoms with Crippen LogP contribution >= 0.6 is 0 Å². The van der Waals surface area contributed by atoms with Crippen LogP contribution in [-0.2, 0) is 17.8 Å². The van der Waals surface area contributed by atoms with Crippen LogP contribution in [0, 0.1) is 0 Å². The zero-order valence-electron chi connectivity index (χ0n) is 11.7. The van der Waals surface area contributed by atoms with Gasteiger partial charge in [0, 0.05) is 19.3 Å². The number of carbonyl (C=O) groups is 1. The maximum absolute atomic E-state index is 11.9.